The van der Waals surface area contributed by atoms with Crippen LogP contribution in [0.4, 0.5) is 0 Å². The Bertz CT molecular complexity index is 234. The van der Waals surface area contributed by atoms with E-state index in [2.05, 4.69) is 24.1 Å². The van der Waals surface area contributed by atoms with Crippen molar-refractivity contribution in [3.63, 3.8) is 0 Å². The van der Waals surface area contributed by atoms with E-state index in [9.17, 15) is 0 Å². The van der Waals surface area contributed by atoms with Crippen molar-refractivity contribution in [2.75, 3.05) is 0 Å². The maximum atomic E-state index is 5.64. The molecule has 0 fully saturated rings. The van der Waals surface area contributed by atoms with Crippen LogP contribution >= 0.6 is 24.0 Å². The first-order valence-electron chi connectivity index (χ1n) is 4.02. The Hall–Kier alpha value is -0.310. The second-order valence-corrected chi connectivity index (χ2v) is 3.41. The summed E-state index contributed by atoms with van der Waals surface area (Å²) in [6.45, 7) is 5.08. The van der Waals surface area contributed by atoms with E-state index >= 15 is 0 Å². The van der Waals surface area contributed by atoms with Crippen LogP contribution < -0.4 is 5.32 Å². The van der Waals surface area contributed by atoms with Crippen LogP contribution in [0.1, 0.15) is 19.4 Å². The number of nitrogens with one attached hydrogen (secondary N) is 1. The second-order valence-electron chi connectivity index (χ2n) is 3.02. The average molecular weight is 221 g/mol. The summed E-state index contributed by atoms with van der Waals surface area (Å²) in [4.78, 5) is 3.98. The van der Waals surface area contributed by atoms with Gasteiger partial charge < -0.3 is 5.32 Å². The molecule has 0 saturated carbocycles. The second kappa shape index (κ2) is 6.19. The summed E-state index contributed by atoms with van der Waals surface area (Å²) < 4.78 is 0. The van der Waals surface area contributed by atoms with Crippen LogP contribution in [0.25, 0.3) is 0 Å². The highest BCUT2D eigenvalue weighted by Crippen LogP contribution is 2.04. The Morgan fingerprint density at radius 2 is 2.15 bits per heavy atom. The van der Waals surface area contributed by atoms with Crippen molar-refractivity contribution < 1.29 is 0 Å². The molecule has 13 heavy (non-hydrogen) atoms. The largest absolute Gasteiger partial charge is 0.310 e. The maximum Gasteiger partial charge on any atom is 0.129 e. The van der Waals surface area contributed by atoms with Gasteiger partial charge in [-0.25, -0.2) is 4.98 Å². The Morgan fingerprint density at radius 3 is 2.62 bits per heavy atom. The van der Waals surface area contributed by atoms with Crippen molar-refractivity contribution in [2.45, 2.75) is 26.4 Å². The molecular weight excluding hydrogens is 207 g/mol. The van der Waals surface area contributed by atoms with Crippen LogP contribution in [-0.4, -0.2) is 11.0 Å². The van der Waals surface area contributed by atoms with Gasteiger partial charge in [-0.1, -0.05) is 31.5 Å². The first kappa shape index (κ1) is 12.7. The molecule has 0 unspecified atom stereocenters. The molecule has 1 N–H and O–H groups in total. The average Bonchev–Trinajstić information content (AvgIpc) is 2.03. The minimum atomic E-state index is 0. The molecule has 0 saturated heterocycles. The first-order valence-corrected chi connectivity index (χ1v) is 4.40. The summed E-state index contributed by atoms with van der Waals surface area (Å²) in [6.07, 6.45) is 1.79. The monoisotopic (exact) mass is 220 g/mol. The molecule has 0 radical (unpaired) electrons. The van der Waals surface area contributed by atoms with Crippen molar-refractivity contribution in [3.8, 4) is 0 Å². The van der Waals surface area contributed by atoms with Crippen molar-refractivity contribution in [3.05, 3.63) is 29.0 Å². The number of pyridine rings is 1. The Morgan fingerprint density at radius 1 is 1.46 bits per heavy atom. The van der Waals surface area contributed by atoms with E-state index in [4.69, 9.17) is 11.6 Å². The number of hydrogen-bond acceptors (Lipinski definition) is 2. The SMILES string of the molecule is CC(C)NCc1ccc(Cl)nc1.Cl. The molecule has 0 bridgehead atoms. The molecule has 1 aromatic heterocycles. The van der Waals surface area contributed by atoms with E-state index in [0.717, 1.165) is 12.1 Å². The fraction of sp³-hybridized carbons (Fsp3) is 0.444. The summed E-state index contributed by atoms with van der Waals surface area (Å²) in [5.41, 5.74) is 1.16. The normalized spacial score (nSPS) is 9.85. The van der Waals surface area contributed by atoms with E-state index < -0.39 is 0 Å². The number of hydrogen-bond donors (Lipinski definition) is 1. The van der Waals surface area contributed by atoms with Gasteiger partial charge in [-0.05, 0) is 11.6 Å². The number of rotatable bonds is 3. The van der Waals surface area contributed by atoms with Crippen LogP contribution in [0.5, 0.6) is 0 Å². The lowest BCUT2D eigenvalue weighted by molar-refractivity contribution is 0.588. The number of aromatic nitrogens is 1. The third kappa shape index (κ3) is 5.09. The lowest BCUT2D eigenvalue weighted by Gasteiger charge is -2.06. The van der Waals surface area contributed by atoms with Crippen molar-refractivity contribution in [1.29, 1.82) is 0 Å². The van der Waals surface area contributed by atoms with Gasteiger partial charge in [0.15, 0.2) is 0 Å². The van der Waals surface area contributed by atoms with E-state index in [1.807, 2.05) is 6.07 Å². The molecule has 0 aliphatic carbocycles. The predicted octanol–water partition coefficient (Wildman–Crippen LogP) is 2.65. The minimum Gasteiger partial charge on any atom is -0.310 e. The topological polar surface area (TPSA) is 24.9 Å². The molecule has 1 aromatic rings. The molecule has 1 heterocycles. The van der Waals surface area contributed by atoms with E-state index in [1.54, 1.807) is 12.3 Å². The van der Waals surface area contributed by atoms with Gasteiger partial charge in [0, 0.05) is 18.8 Å². The molecule has 0 amide bonds. The summed E-state index contributed by atoms with van der Waals surface area (Å²) in [6, 6.07) is 4.28. The minimum absolute atomic E-state index is 0. The molecule has 0 aliphatic rings. The molecule has 0 aliphatic heterocycles. The molecule has 2 nitrogen and oxygen atoms in total. The van der Waals surface area contributed by atoms with Gasteiger partial charge >= 0.3 is 0 Å². The number of halogens is 2. The molecule has 0 aromatic carbocycles. The van der Waals surface area contributed by atoms with Crippen molar-refractivity contribution in [2.24, 2.45) is 0 Å². The van der Waals surface area contributed by atoms with E-state index in [1.165, 1.54) is 0 Å². The smallest absolute Gasteiger partial charge is 0.129 e. The zero-order valence-electron chi connectivity index (χ0n) is 7.75. The lowest BCUT2D eigenvalue weighted by atomic mass is 10.2. The highest BCUT2D eigenvalue weighted by molar-refractivity contribution is 6.29. The van der Waals surface area contributed by atoms with Gasteiger partial charge in [0.1, 0.15) is 5.15 Å². The van der Waals surface area contributed by atoms with Gasteiger partial charge in [0.2, 0.25) is 0 Å². The van der Waals surface area contributed by atoms with Crippen LogP contribution in [-0.2, 0) is 6.54 Å². The standard InChI is InChI=1S/C9H13ClN2.ClH/c1-7(2)11-5-8-3-4-9(10)12-6-8;/h3-4,6-7,11H,5H2,1-2H3;1H. The van der Waals surface area contributed by atoms with Gasteiger partial charge in [0.25, 0.3) is 0 Å². The third-order valence-electron chi connectivity index (χ3n) is 1.50. The van der Waals surface area contributed by atoms with Crippen molar-refractivity contribution in [1.82, 2.24) is 10.3 Å². The van der Waals surface area contributed by atoms with E-state index in [-0.39, 0.29) is 12.4 Å². The Kier molecular flexibility index (Phi) is 6.04. The highest BCUT2D eigenvalue weighted by Gasteiger charge is 1.95. The lowest BCUT2D eigenvalue weighted by Crippen LogP contribution is -2.21. The third-order valence-corrected chi connectivity index (χ3v) is 1.73. The first-order chi connectivity index (χ1) is 5.68. The van der Waals surface area contributed by atoms with Gasteiger partial charge in [-0.3, -0.25) is 0 Å². The van der Waals surface area contributed by atoms with Gasteiger partial charge in [-0.15, -0.1) is 12.4 Å². The zero-order valence-corrected chi connectivity index (χ0v) is 9.32. The predicted molar refractivity (Wildman–Crippen MR) is 58.5 cm³/mol. The molecular formula is C9H14Cl2N2. The van der Waals surface area contributed by atoms with Gasteiger partial charge in [-0.2, -0.15) is 0 Å². The quantitative estimate of drug-likeness (QED) is 0.793. The molecule has 4 heteroatoms. The van der Waals surface area contributed by atoms with Crippen LogP contribution in [0.2, 0.25) is 5.15 Å². The fourth-order valence-electron chi connectivity index (χ4n) is 0.833. The highest BCUT2D eigenvalue weighted by atomic mass is 35.5. The number of nitrogens with zero attached hydrogens (tertiary/aromatic N) is 1. The summed E-state index contributed by atoms with van der Waals surface area (Å²) >= 11 is 5.64. The van der Waals surface area contributed by atoms with Gasteiger partial charge in [0.05, 0.1) is 0 Å². The summed E-state index contributed by atoms with van der Waals surface area (Å²) in [5.74, 6) is 0. The Balaban J connectivity index is 0.00000144. The summed E-state index contributed by atoms with van der Waals surface area (Å²) in [5, 5.41) is 3.84. The molecule has 0 atom stereocenters. The van der Waals surface area contributed by atoms with E-state index in [0.29, 0.717) is 11.2 Å². The van der Waals surface area contributed by atoms with Crippen molar-refractivity contribution >= 4 is 24.0 Å². The molecule has 0 spiro atoms. The molecule has 1 rings (SSSR count). The Labute approximate surface area is 90.1 Å². The fourth-order valence-corrected chi connectivity index (χ4v) is 0.945. The van der Waals surface area contributed by atoms with Crippen LogP contribution in [0.3, 0.4) is 0 Å². The zero-order chi connectivity index (χ0) is 8.97. The summed E-state index contributed by atoms with van der Waals surface area (Å²) in [7, 11) is 0. The maximum absolute atomic E-state index is 5.64. The van der Waals surface area contributed by atoms with Crippen LogP contribution in [0, 0.1) is 0 Å². The van der Waals surface area contributed by atoms with Crippen LogP contribution in [0.15, 0.2) is 18.3 Å². The molecule has 74 valence electrons.